The Morgan fingerprint density at radius 2 is 2.32 bits per heavy atom. The summed E-state index contributed by atoms with van der Waals surface area (Å²) >= 11 is 10.4. The molecule has 19 heavy (non-hydrogen) atoms. The molecule has 104 valence electrons. The summed E-state index contributed by atoms with van der Waals surface area (Å²) in [5.74, 6) is -0.0265. The first-order valence-electron chi connectivity index (χ1n) is 6.54. The number of rotatable bonds is 4. The standard InChI is InChI=1S/C14H18ClNO2S/c15-13-6-5-11(19)9-12(13)14(18)16-7-1-3-10(16)4-2-8-17/h5-6,9-10,17,19H,1-4,7-8H2. The third-order valence-electron chi connectivity index (χ3n) is 3.51. The van der Waals surface area contributed by atoms with Crippen LogP contribution in [0, 0.1) is 0 Å². The number of benzene rings is 1. The molecule has 1 aliphatic rings. The molecule has 1 amide bonds. The molecule has 0 aliphatic carbocycles. The van der Waals surface area contributed by atoms with Crippen LogP contribution in [0.3, 0.4) is 0 Å². The highest BCUT2D eigenvalue weighted by molar-refractivity contribution is 7.80. The fourth-order valence-corrected chi connectivity index (χ4v) is 2.96. The molecule has 1 N–H and O–H groups in total. The summed E-state index contributed by atoms with van der Waals surface area (Å²) in [6, 6.07) is 5.42. The number of carbonyl (C=O) groups excluding carboxylic acids is 1. The predicted molar refractivity (Wildman–Crippen MR) is 79.1 cm³/mol. The van der Waals surface area contributed by atoms with E-state index in [9.17, 15) is 4.79 Å². The molecular weight excluding hydrogens is 282 g/mol. The molecule has 0 bridgehead atoms. The number of amides is 1. The van der Waals surface area contributed by atoms with Crippen LogP contribution in [0.1, 0.15) is 36.0 Å². The van der Waals surface area contributed by atoms with Gasteiger partial charge in [0.1, 0.15) is 0 Å². The van der Waals surface area contributed by atoms with Gasteiger partial charge in [-0.05, 0) is 43.9 Å². The Morgan fingerprint density at radius 1 is 1.53 bits per heavy atom. The number of aliphatic hydroxyl groups excluding tert-OH is 1. The van der Waals surface area contributed by atoms with E-state index in [0.29, 0.717) is 10.6 Å². The number of nitrogens with zero attached hydrogens (tertiary/aromatic N) is 1. The molecular formula is C14H18ClNO2S. The zero-order chi connectivity index (χ0) is 13.8. The summed E-state index contributed by atoms with van der Waals surface area (Å²) in [5.41, 5.74) is 0.519. The molecule has 0 spiro atoms. The topological polar surface area (TPSA) is 40.5 Å². The van der Waals surface area contributed by atoms with Crippen LogP contribution in [0.15, 0.2) is 23.1 Å². The molecule has 1 aromatic rings. The maximum Gasteiger partial charge on any atom is 0.255 e. The molecule has 1 aromatic carbocycles. The van der Waals surface area contributed by atoms with Gasteiger partial charge in [0.25, 0.3) is 5.91 Å². The Balaban J connectivity index is 2.16. The van der Waals surface area contributed by atoms with Gasteiger partial charge in [-0.15, -0.1) is 12.6 Å². The smallest absolute Gasteiger partial charge is 0.255 e. The lowest BCUT2D eigenvalue weighted by molar-refractivity contribution is 0.0724. The zero-order valence-electron chi connectivity index (χ0n) is 10.7. The highest BCUT2D eigenvalue weighted by Crippen LogP contribution is 2.27. The Morgan fingerprint density at radius 3 is 3.05 bits per heavy atom. The Labute approximate surface area is 124 Å². The second kappa shape index (κ2) is 6.64. The van der Waals surface area contributed by atoms with Gasteiger partial charge in [0.15, 0.2) is 0 Å². The van der Waals surface area contributed by atoms with Crippen molar-refractivity contribution in [2.24, 2.45) is 0 Å². The number of halogens is 1. The monoisotopic (exact) mass is 299 g/mol. The minimum atomic E-state index is -0.0265. The van der Waals surface area contributed by atoms with E-state index in [-0.39, 0.29) is 18.6 Å². The highest BCUT2D eigenvalue weighted by atomic mass is 35.5. The largest absolute Gasteiger partial charge is 0.396 e. The van der Waals surface area contributed by atoms with E-state index in [4.69, 9.17) is 16.7 Å². The molecule has 0 aromatic heterocycles. The predicted octanol–water partition coefficient (Wildman–Crippen LogP) is 3.01. The van der Waals surface area contributed by atoms with Crippen molar-refractivity contribution in [3.05, 3.63) is 28.8 Å². The second-order valence-corrected chi connectivity index (χ2v) is 5.75. The number of likely N-dealkylation sites (tertiary alicyclic amines) is 1. The highest BCUT2D eigenvalue weighted by Gasteiger charge is 2.29. The van der Waals surface area contributed by atoms with Gasteiger partial charge in [-0.25, -0.2) is 0 Å². The third-order valence-corrected chi connectivity index (χ3v) is 4.12. The summed E-state index contributed by atoms with van der Waals surface area (Å²) in [6.07, 6.45) is 3.60. The Hall–Kier alpha value is -0.710. The first-order chi connectivity index (χ1) is 9.13. The molecule has 1 saturated heterocycles. The van der Waals surface area contributed by atoms with Crippen LogP contribution < -0.4 is 0 Å². The van der Waals surface area contributed by atoms with E-state index in [1.165, 1.54) is 0 Å². The van der Waals surface area contributed by atoms with Gasteiger partial charge in [0, 0.05) is 24.1 Å². The first-order valence-corrected chi connectivity index (χ1v) is 7.36. The molecule has 2 rings (SSSR count). The third kappa shape index (κ3) is 3.44. The van der Waals surface area contributed by atoms with Gasteiger partial charge >= 0.3 is 0 Å². The van der Waals surface area contributed by atoms with Crippen LogP contribution in [-0.4, -0.2) is 35.1 Å². The summed E-state index contributed by atoms with van der Waals surface area (Å²) in [4.78, 5) is 15.2. The van der Waals surface area contributed by atoms with Gasteiger partial charge in [-0.1, -0.05) is 11.6 Å². The number of hydrogen-bond acceptors (Lipinski definition) is 3. The summed E-state index contributed by atoms with van der Waals surface area (Å²) in [6.45, 7) is 0.938. The van der Waals surface area contributed by atoms with E-state index >= 15 is 0 Å². The fourth-order valence-electron chi connectivity index (χ4n) is 2.56. The lowest BCUT2D eigenvalue weighted by atomic mass is 10.1. The summed E-state index contributed by atoms with van der Waals surface area (Å²) in [7, 11) is 0. The zero-order valence-corrected chi connectivity index (χ0v) is 12.3. The van der Waals surface area contributed by atoms with E-state index in [2.05, 4.69) is 12.6 Å². The van der Waals surface area contributed by atoms with Gasteiger partial charge in [0.2, 0.25) is 0 Å². The summed E-state index contributed by atoms with van der Waals surface area (Å²) in [5, 5.41) is 9.38. The lowest BCUT2D eigenvalue weighted by Gasteiger charge is -2.25. The van der Waals surface area contributed by atoms with Crippen molar-refractivity contribution >= 4 is 30.1 Å². The van der Waals surface area contributed by atoms with Crippen molar-refractivity contribution in [2.75, 3.05) is 13.2 Å². The molecule has 1 unspecified atom stereocenters. The molecule has 1 heterocycles. The molecule has 0 saturated carbocycles. The molecule has 1 aliphatic heterocycles. The minimum absolute atomic E-state index is 0.0265. The van der Waals surface area contributed by atoms with E-state index in [1.54, 1.807) is 18.2 Å². The van der Waals surface area contributed by atoms with Crippen LogP contribution in [0.25, 0.3) is 0 Å². The van der Waals surface area contributed by atoms with Gasteiger partial charge < -0.3 is 10.0 Å². The van der Waals surface area contributed by atoms with Crippen LogP contribution in [0.4, 0.5) is 0 Å². The van der Waals surface area contributed by atoms with Crippen molar-refractivity contribution in [1.82, 2.24) is 4.90 Å². The molecule has 1 atom stereocenters. The van der Waals surface area contributed by atoms with Crippen molar-refractivity contribution in [1.29, 1.82) is 0 Å². The van der Waals surface area contributed by atoms with Gasteiger partial charge in [0.05, 0.1) is 10.6 Å². The van der Waals surface area contributed by atoms with Crippen LogP contribution in [0.2, 0.25) is 5.02 Å². The first kappa shape index (κ1) is 14.7. The van der Waals surface area contributed by atoms with Gasteiger partial charge in [-0.3, -0.25) is 4.79 Å². The molecule has 5 heteroatoms. The summed E-state index contributed by atoms with van der Waals surface area (Å²) < 4.78 is 0. The molecule has 1 fully saturated rings. The van der Waals surface area contributed by atoms with Gasteiger partial charge in [-0.2, -0.15) is 0 Å². The fraction of sp³-hybridized carbons (Fsp3) is 0.500. The second-order valence-electron chi connectivity index (χ2n) is 4.82. The number of hydrogen-bond donors (Lipinski definition) is 2. The van der Waals surface area contributed by atoms with Crippen LogP contribution in [0.5, 0.6) is 0 Å². The number of carbonyl (C=O) groups is 1. The SMILES string of the molecule is O=C(c1cc(S)ccc1Cl)N1CCCC1CCCO. The maximum atomic E-state index is 12.5. The van der Waals surface area contributed by atoms with Crippen LogP contribution >= 0.6 is 24.2 Å². The lowest BCUT2D eigenvalue weighted by Crippen LogP contribution is -2.35. The average molecular weight is 300 g/mol. The number of thiol groups is 1. The normalized spacial score (nSPS) is 18.9. The van der Waals surface area contributed by atoms with E-state index in [0.717, 1.165) is 37.1 Å². The van der Waals surface area contributed by atoms with E-state index < -0.39 is 0 Å². The van der Waals surface area contributed by atoms with Crippen LogP contribution in [-0.2, 0) is 0 Å². The van der Waals surface area contributed by atoms with Crippen molar-refractivity contribution in [2.45, 2.75) is 36.6 Å². The van der Waals surface area contributed by atoms with Crippen molar-refractivity contribution in [3.63, 3.8) is 0 Å². The Kier molecular flexibility index (Phi) is 5.13. The van der Waals surface area contributed by atoms with E-state index in [1.807, 2.05) is 4.90 Å². The van der Waals surface area contributed by atoms with Crippen molar-refractivity contribution in [3.8, 4) is 0 Å². The minimum Gasteiger partial charge on any atom is -0.396 e. The average Bonchev–Trinajstić information content (AvgIpc) is 2.86. The Bertz CT molecular complexity index is 467. The maximum absolute atomic E-state index is 12.5. The molecule has 3 nitrogen and oxygen atoms in total. The molecule has 0 radical (unpaired) electrons. The van der Waals surface area contributed by atoms with Crippen molar-refractivity contribution < 1.29 is 9.90 Å². The quantitative estimate of drug-likeness (QED) is 0.839. The number of aliphatic hydroxyl groups is 1.